The number of benzene rings is 1. The van der Waals surface area contributed by atoms with E-state index in [1.54, 1.807) is 12.1 Å². The fraction of sp³-hybridized carbons (Fsp3) is 0.455. The zero-order valence-corrected chi connectivity index (χ0v) is 9.47. The summed E-state index contributed by atoms with van der Waals surface area (Å²) in [4.78, 5) is 1.96. The lowest BCUT2D eigenvalue weighted by molar-refractivity contribution is 0.195. The molecule has 0 aliphatic rings. The minimum atomic E-state index is -0.293. The third-order valence-electron chi connectivity index (χ3n) is 2.27. The molecule has 84 valence electrons. The molecule has 0 bridgehead atoms. The van der Waals surface area contributed by atoms with Crippen LogP contribution in [0.4, 0.5) is 4.39 Å². The lowest BCUT2D eigenvalue weighted by atomic mass is 10.2. The molecule has 1 rings (SSSR count). The van der Waals surface area contributed by atoms with Crippen LogP contribution in [0, 0.1) is 5.82 Å². The van der Waals surface area contributed by atoms with Gasteiger partial charge in [-0.3, -0.25) is 4.90 Å². The Morgan fingerprint density at radius 3 is 2.73 bits per heavy atom. The molecule has 0 unspecified atom stereocenters. The van der Waals surface area contributed by atoms with Crippen LogP contribution in [0.25, 0.3) is 0 Å². The Hall–Kier alpha value is -0.640. The van der Waals surface area contributed by atoms with Gasteiger partial charge in [0.05, 0.1) is 6.61 Å². The molecule has 0 amide bonds. The first-order valence-electron chi connectivity index (χ1n) is 4.94. The van der Waals surface area contributed by atoms with Crippen molar-refractivity contribution >= 4 is 11.6 Å². The number of hydrogen-bond acceptors (Lipinski definition) is 2. The van der Waals surface area contributed by atoms with Crippen LogP contribution in [0.15, 0.2) is 18.2 Å². The van der Waals surface area contributed by atoms with Crippen molar-refractivity contribution in [1.29, 1.82) is 0 Å². The second-order valence-electron chi connectivity index (χ2n) is 3.33. The van der Waals surface area contributed by atoms with Crippen molar-refractivity contribution < 1.29 is 9.50 Å². The normalized spacial score (nSPS) is 11.0. The second kappa shape index (κ2) is 6.05. The third-order valence-corrected chi connectivity index (χ3v) is 2.51. The van der Waals surface area contributed by atoms with E-state index in [1.807, 2.05) is 11.8 Å². The molecule has 0 atom stereocenters. The van der Waals surface area contributed by atoms with Crippen LogP contribution in [-0.2, 0) is 6.54 Å². The van der Waals surface area contributed by atoms with Crippen LogP contribution >= 0.6 is 11.6 Å². The van der Waals surface area contributed by atoms with E-state index in [1.165, 1.54) is 6.07 Å². The van der Waals surface area contributed by atoms with Crippen molar-refractivity contribution in [2.75, 3.05) is 19.7 Å². The quantitative estimate of drug-likeness (QED) is 0.841. The second-order valence-corrected chi connectivity index (χ2v) is 3.76. The Morgan fingerprint density at radius 2 is 2.20 bits per heavy atom. The molecular weight excluding hydrogens is 217 g/mol. The van der Waals surface area contributed by atoms with Gasteiger partial charge in [-0.15, -0.1) is 0 Å². The number of hydrogen-bond donors (Lipinski definition) is 1. The van der Waals surface area contributed by atoms with Gasteiger partial charge in [-0.25, -0.2) is 4.39 Å². The van der Waals surface area contributed by atoms with Gasteiger partial charge in [0, 0.05) is 23.7 Å². The van der Waals surface area contributed by atoms with Crippen LogP contribution in [-0.4, -0.2) is 29.7 Å². The maximum absolute atomic E-state index is 13.4. The van der Waals surface area contributed by atoms with Gasteiger partial charge in [0.15, 0.2) is 0 Å². The summed E-state index contributed by atoms with van der Waals surface area (Å²) in [6.45, 7) is 3.90. The molecule has 1 aromatic rings. The Balaban J connectivity index is 2.70. The lowest BCUT2D eigenvalue weighted by Crippen LogP contribution is -2.26. The standard InChI is InChI=1S/C11H15ClFNO/c1-2-14(5-6-15)8-9-3-4-10(12)7-11(9)13/h3-4,7,15H,2,5-6,8H2,1H3. The Morgan fingerprint density at radius 1 is 1.47 bits per heavy atom. The SMILES string of the molecule is CCN(CCO)Cc1ccc(Cl)cc1F. The first-order valence-corrected chi connectivity index (χ1v) is 5.32. The topological polar surface area (TPSA) is 23.5 Å². The van der Waals surface area contributed by atoms with Crippen molar-refractivity contribution in [3.63, 3.8) is 0 Å². The average molecular weight is 232 g/mol. The van der Waals surface area contributed by atoms with Crippen LogP contribution < -0.4 is 0 Å². The monoisotopic (exact) mass is 231 g/mol. The molecule has 1 N–H and O–H groups in total. The number of aliphatic hydroxyl groups is 1. The van der Waals surface area contributed by atoms with Crippen molar-refractivity contribution in [1.82, 2.24) is 4.90 Å². The molecule has 0 spiro atoms. The highest BCUT2D eigenvalue weighted by Crippen LogP contribution is 2.16. The zero-order chi connectivity index (χ0) is 11.3. The molecule has 0 aliphatic carbocycles. The van der Waals surface area contributed by atoms with Crippen molar-refractivity contribution in [3.05, 3.63) is 34.6 Å². The van der Waals surface area contributed by atoms with E-state index in [-0.39, 0.29) is 12.4 Å². The summed E-state index contributed by atoms with van der Waals surface area (Å²) >= 11 is 5.65. The van der Waals surface area contributed by atoms with Gasteiger partial charge in [-0.05, 0) is 18.7 Å². The zero-order valence-electron chi connectivity index (χ0n) is 8.71. The van der Waals surface area contributed by atoms with Gasteiger partial charge in [0.2, 0.25) is 0 Å². The average Bonchev–Trinajstić information content (AvgIpc) is 2.21. The summed E-state index contributed by atoms with van der Waals surface area (Å²) in [5, 5.41) is 9.21. The fourth-order valence-corrected chi connectivity index (χ4v) is 1.54. The summed E-state index contributed by atoms with van der Waals surface area (Å²) in [6, 6.07) is 4.66. The van der Waals surface area contributed by atoms with Gasteiger partial charge in [0.25, 0.3) is 0 Å². The maximum Gasteiger partial charge on any atom is 0.129 e. The molecule has 0 fully saturated rings. The van der Waals surface area contributed by atoms with Gasteiger partial charge in [-0.1, -0.05) is 24.6 Å². The maximum atomic E-state index is 13.4. The van der Waals surface area contributed by atoms with Crippen LogP contribution in [0.5, 0.6) is 0 Å². The molecule has 0 saturated heterocycles. The Kier molecular flexibility index (Phi) is 5.02. The van der Waals surface area contributed by atoms with Gasteiger partial charge < -0.3 is 5.11 Å². The van der Waals surface area contributed by atoms with E-state index in [4.69, 9.17) is 16.7 Å². The highest BCUT2D eigenvalue weighted by Gasteiger charge is 2.07. The summed E-state index contributed by atoms with van der Waals surface area (Å²) in [7, 11) is 0. The molecule has 0 aromatic heterocycles. The van der Waals surface area contributed by atoms with Crippen molar-refractivity contribution in [2.45, 2.75) is 13.5 Å². The third kappa shape index (κ3) is 3.78. The van der Waals surface area contributed by atoms with Crippen LogP contribution in [0.2, 0.25) is 5.02 Å². The van der Waals surface area contributed by atoms with Gasteiger partial charge >= 0.3 is 0 Å². The molecule has 0 heterocycles. The highest BCUT2D eigenvalue weighted by atomic mass is 35.5. The molecule has 0 aliphatic heterocycles. The molecular formula is C11H15ClFNO. The van der Waals surface area contributed by atoms with Gasteiger partial charge in [-0.2, -0.15) is 0 Å². The number of nitrogens with zero attached hydrogens (tertiary/aromatic N) is 1. The van der Waals surface area contributed by atoms with E-state index in [9.17, 15) is 4.39 Å². The number of halogens is 2. The smallest absolute Gasteiger partial charge is 0.129 e. The molecule has 15 heavy (non-hydrogen) atoms. The fourth-order valence-electron chi connectivity index (χ4n) is 1.38. The van der Waals surface area contributed by atoms with E-state index < -0.39 is 0 Å². The molecule has 1 aromatic carbocycles. The number of aliphatic hydroxyl groups excluding tert-OH is 1. The van der Waals surface area contributed by atoms with E-state index in [0.29, 0.717) is 23.7 Å². The minimum Gasteiger partial charge on any atom is -0.395 e. The first-order chi connectivity index (χ1) is 7.17. The van der Waals surface area contributed by atoms with Gasteiger partial charge in [0.1, 0.15) is 5.82 Å². The molecule has 2 nitrogen and oxygen atoms in total. The van der Waals surface area contributed by atoms with E-state index in [2.05, 4.69) is 0 Å². The van der Waals surface area contributed by atoms with Crippen LogP contribution in [0.1, 0.15) is 12.5 Å². The molecule has 0 saturated carbocycles. The summed E-state index contributed by atoms with van der Waals surface area (Å²) in [5.74, 6) is -0.293. The predicted molar refractivity (Wildman–Crippen MR) is 59.4 cm³/mol. The van der Waals surface area contributed by atoms with Crippen molar-refractivity contribution in [2.24, 2.45) is 0 Å². The van der Waals surface area contributed by atoms with Crippen molar-refractivity contribution in [3.8, 4) is 0 Å². The summed E-state index contributed by atoms with van der Waals surface area (Å²) in [6.07, 6.45) is 0. The Bertz CT molecular complexity index is 319. The largest absolute Gasteiger partial charge is 0.395 e. The number of likely N-dealkylation sites (N-methyl/N-ethyl adjacent to an activating group) is 1. The minimum absolute atomic E-state index is 0.0864. The molecule has 0 radical (unpaired) electrons. The lowest BCUT2D eigenvalue weighted by Gasteiger charge is -2.19. The van der Waals surface area contributed by atoms with E-state index in [0.717, 1.165) is 6.54 Å². The number of rotatable bonds is 5. The first kappa shape index (κ1) is 12.4. The summed E-state index contributed by atoms with van der Waals surface area (Å²) < 4.78 is 13.4. The van der Waals surface area contributed by atoms with Crippen LogP contribution in [0.3, 0.4) is 0 Å². The molecule has 4 heteroatoms. The Labute approximate surface area is 94.3 Å². The summed E-state index contributed by atoms with van der Waals surface area (Å²) in [5.41, 5.74) is 0.606. The van der Waals surface area contributed by atoms with E-state index >= 15 is 0 Å². The highest BCUT2D eigenvalue weighted by molar-refractivity contribution is 6.30. The predicted octanol–water partition coefficient (Wildman–Crippen LogP) is 2.29.